The lowest BCUT2D eigenvalue weighted by molar-refractivity contribution is -0.324. The molecule has 0 saturated carbocycles. The maximum absolute atomic E-state index is 14.7. The summed E-state index contributed by atoms with van der Waals surface area (Å²) in [5.41, 5.74) is -1.20. The maximum Gasteiger partial charge on any atom is 0.522 e. The minimum absolute atomic E-state index is 0.0520. The van der Waals surface area contributed by atoms with E-state index in [2.05, 4.69) is 20.0 Å². The third kappa shape index (κ3) is 6.03. The number of ether oxygens (including phenoxy) is 3. The fourth-order valence-corrected chi connectivity index (χ4v) is 3.52. The number of hydrogen-bond donors (Lipinski definition) is 2. The van der Waals surface area contributed by atoms with Crippen molar-refractivity contribution < 1.29 is 45.3 Å². The maximum atomic E-state index is 14.7. The van der Waals surface area contributed by atoms with Crippen molar-refractivity contribution in [2.24, 2.45) is 0 Å². The number of carbonyl (C=O) groups excluding carboxylic acids is 1. The Morgan fingerprint density at radius 2 is 1.94 bits per heavy atom. The molecule has 3 aromatic rings. The van der Waals surface area contributed by atoms with Gasteiger partial charge in [0.1, 0.15) is 11.4 Å². The Hall–Kier alpha value is -3.32. The Labute approximate surface area is 194 Å². The van der Waals surface area contributed by atoms with Crippen molar-refractivity contribution in [1.82, 2.24) is 9.97 Å². The Kier molecular flexibility index (Phi) is 6.90. The Balaban J connectivity index is 1.48. The molecule has 1 saturated heterocycles. The first-order valence-corrected chi connectivity index (χ1v) is 10.4. The van der Waals surface area contributed by atoms with Gasteiger partial charge in [0.15, 0.2) is 23.1 Å². The molecule has 1 amide bonds. The second-order valence-electron chi connectivity index (χ2n) is 7.95. The van der Waals surface area contributed by atoms with Crippen LogP contribution in [0.5, 0.6) is 11.5 Å². The molecule has 35 heavy (non-hydrogen) atoms. The third-order valence-corrected chi connectivity index (χ3v) is 5.27. The van der Waals surface area contributed by atoms with Crippen molar-refractivity contribution in [2.75, 3.05) is 25.1 Å². The van der Waals surface area contributed by atoms with Gasteiger partial charge in [0, 0.05) is 36.6 Å². The van der Waals surface area contributed by atoms with Gasteiger partial charge in [-0.2, -0.15) is 0 Å². The van der Waals surface area contributed by atoms with E-state index in [0.29, 0.717) is 5.56 Å². The van der Waals surface area contributed by atoms with Crippen molar-refractivity contribution in [2.45, 2.75) is 31.3 Å². The van der Waals surface area contributed by atoms with E-state index in [1.807, 2.05) is 0 Å². The number of aromatic amines is 1. The molecule has 3 heterocycles. The number of H-pyrrole nitrogens is 1. The van der Waals surface area contributed by atoms with Crippen LogP contribution in [0.25, 0.3) is 11.0 Å². The summed E-state index contributed by atoms with van der Waals surface area (Å²) in [7, 11) is 0. The standard InChI is InChI=1S/C22H19F6N3O4/c23-14-7-13(31-17(32)1-4-21(25)10-33-11-21)8-15(24)19(14)35-16-2-5-29-20-18(16)12(9-30-20)3-6-34-22(26,27)28/h2,5,7-9H,1,3-4,6,10-11H2,(H,29,30)(H,31,32). The van der Waals surface area contributed by atoms with E-state index in [0.717, 1.165) is 12.1 Å². The fraction of sp³-hybridized carbons (Fsp3) is 0.364. The molecule has 7 nitrogen and oxygen atoms in total. The van der Waals surface area contributed by atoms with Crippen LogP contribution in [-0.2, 0) is 20.7 Å². The van der Waals surface area contributed by atoms with Gasteiger partial charge >= 0.3 is 6.36 Å². The van der Waals surface area contributed by atoms with E-state index < -0.39 is 41.9 Å². The van der Waals surface area contributed by atoms with Crippen molar-refractivity contribution in [3.8, 4) is 11.5 Å². The van der Waals surface area contributed by atoms with Gasteiger partial charge < -0.3 is 19.8 Å². The largest absolute Gasteiger partial charge is 0.522 e. The summed E-state index contributed by atoms with van der Waals surface area (Å²) in [5.74, 6) is -3.75. The monoisotopic (exact) mass is 503 g/mol. The van der Waals surface area contributed by atoms with Gasteiger partial charge in [-0.15, -0.1) is 13.2 Å². The zero-order chi connectivity index (χ0) is 25.2. The van der Waals surface area contributed by atoms with Crippen LogP contribution in [0, 0.1) is 11.6 Å². The van der Waals surface area contributed by atoms with Gasteiger partial charge in [-0.25, -0.2) is 18.2 Å². The number of nitrogens with zero attached hydrogens (tertiary/aromatic N) is 1. The van der Waals surface area contributed by atoms with Gasteiger partial charge in [-0.1, -0.05) is 0 Å². The van der Waals surface area contributed by atoms with Crippen molar-refractivity contribution >= 4 is 22.6 Å². The highest BCUT2D eigenvalue weighted by molar-refractivity contribution is 5.91. The van der Waals surface area contributed by atoms with Gasteiger partial charge in [0.05, 0.1) is 25.2 Å². The first-order chi connectivity index (χ1) is 16.5. The van der Waals surface area contributed by atoms with Gasteiger partial charge in [-0.05, 0) is 24.5 Å². The highest BCUT2D eigenvalue weighted by Gasteiger charge is 2.38. The van der Waals surface area contributed by atoms with E-state index in [4.69, 9.17) is 9.47 Å². The molecule has 13 heteroatoms. The molecule has 0 unspecified atom stereocenters. The molecule has 1 aliphatic rings. The van der Waals surface area contributed by atoms with Crippen LogP contribution in [0.3, 0.4) is 0 Å². The molecular weight excluding hydrogens is 484 g/mol. The van der Waals surface area contributed by atoms with Crippen LogP contribution >= 0.6 is 0 Å². The zero-order valence-corrected chi connectivity index (χ0v) is 18.0. The highest BCUT2D eigenvalue weighted by Crippen LogP contribution is 2.35. The number of carbonyl (C=O) groups is 1. The molecule has 0 radical (unpaired) electrons. The number of hydrogen-bond acceptors (Lipinski definition) is 5. The number of amides is 1. The smallest absolute Gasteiger partial charge is 0.450 e. The molecule has 0 aliphatic carbocycles. The summed E-state index contributed by atoms with van der Waals surface area (Å²) < 4.78 is 94.1. The molecule has 188 valence electrons. The summed E-state index contributed by atoms with van der Waals surface area (Å²) in [6, 6.07) is 2.97. The predicted molar refractivity (Wildman–Crippen MR) is 111 cm³/mol. The number of halogens is 6. The minimum atomic E-state index is -4.80. The summed E-state index contributed by atoms with van der Waals surface area (Å²) >= 11 is 0. The fourth-order valence-electron chi connectivity index (χ4n) is 3.52. The molecule has 2 N–H and O–H groups in total. The van der Waals surface area contributed by atoms with Crippen LogP contribution in [0.4, 0.5) is 32.0 Å². The summed E-state index contributed by atoms with van der Waals surface area (Å²) in [4.78, 5) is 18.8. The molecule has 1 fully saturated rings. The normalized spacial score (nSPS) is 15.1. The highest BCUT2D eigenvalue weighted by atomic mass is 19.4. The summed E-state index contributed by atoms with van der Waals surface area (Å²) in [6.07, 6.45) is -2.58. The number of aromatic nitrogens is 2. The van der Waals surface area contributed by atoms with Gasteiger partial charge in [0.2, 0.25) is 5.91 Å². The quantitative estimate of drug-likeness (QED) is 0.394. The number of rotatable bonds is 9. The number of alkyl halides is 4. The second kappa shape index (κ2) is 9.74. The van der Waals surface area contributed by atoms with Crippen LogP contribution in [0.15, 0.2) is 30.6 Å². The SMILES string of the molecule is O=C(CCC1(F)COC1)Nc1cc(F)c(Oc2ccnc3[nH]cc(CCOC(F)(F)F)c23)c(F)c1. The third-order valence-electron chi connectivity index (χ3n) is 5.27. The molecule has 2 aromatic heterocycles. The van der Waals surface area contributed by atoms with Crippen LogP contribution < -0.4 is 10.1 Å². The number of nitrogens with one attached hydrogen (secondary N) is 2. The number of pyridine rings is 1. The lowest BCUT2D eigenvalue weighted by Crippen LogP contribution is -2.45. The van der Waals surface area contributed by atoms with E-state index >= 15 is 0 Å². The number of benzene rings is 1. The predicted octanol–water partition coefficient (Wildman–Crippen LogP) is 5.17. The van der Waals surface area contributed by atoms with Crippen molar-refractivity contribution in [1.29, 1.82) is 0 Å². The van der Waals surface area contributed by atoms with Gasteiger partial charge in [0.25, 0.3) is 0 Å². The second-order valence-corrected chi connectivity index (χ2v) is 7.95. The Morgan fingerprint density at radius 1 is 1.23 bits per heavy atom. The summed E-state index contributed by atoms with van der Waals surface area (Å²) in [6.45, 7) is -0.884. The summed E-state index contributed by atoms with van der Waals surface area (Å²) in [5, 5.41) is 2.53. The number of anilines is 1. The molecular formula is C22H19F6N3O4. The molecule has 0 atom stereocenters. The molecule has 4 rings (SSSR count). The van der Waals surface area contributed by atoms with Crippen LogP contribution in [-0.4, -0.2) is 47.7 Å². The molecule has 1 aromatic carbocycles. The van der Waals surface area contributed by atoms with Gasteiger partial charge in [-0.3, -0.25) is 9.53 Å². The average Bonchev–Trinajstić information content (AvgIpc) is 3.16. The first-order valence-electron chi connectivity index (χ1n) is 10.4. The lowest BCUT2D eigenvalue weighted by Gasteiger charge is -2.33. The van der Waals surface area contributed by atoms with E-state index in [9.17, 15) is 31.1 Å². The molecule has 0 bridgehead atoms. The lowest BCUT2D eigenvalue weighted by atomic mass is 9.98. The van der Waals surface area contributed by atoms with E-state index in [-0.39, 0.29) is 54.9 Å². The van der Waals surface area contributed by atoms with Crippen molar-refractivity contribution in [3.05, 3.63) is 47.8 Å². The average molecular weight is 503 g/mol. The first kappa shape index (κ1) is 24.8. The van der Waals surface area contributed by atoms with E-state index in [1.165, 1.54) is 18.5 Å². The van der Waals surface area contributed by atoms with Crippen LogP contribution in [0.2, 0.25) is 0 Å². The Bertz CT molecular complexity index is 1200. The molecule has 1 aliphatic heterocycles. The number of fused-ring (bicyclic) bond motifs is 1. The van der Waals surface area contributed by atoms with Crippen molar-refractivity contribution in [3.63, 3.8) is 0 Å². The van der Waals surface area contributed by atoms with Crippen LogP contribution in [0.1, 0.15) is 18.4 Å². The van der Waals surface area contributed by atoms with E-state index in [1.54, 1.807) is 0 Å². The minimum Gasteiger partial charge on any atom is -0.450 e. The molecule has 0 spiro atoms. The Morgan fingerprint density at radius 3 is 2.57 bits per heavy atom. The topological polar surface area (TPSA) is 85.5 Å². The zero-order valence-electron chi connectivity index (χ0n) is 18.0.